The van der Waals surface area contributed by atoms with Crippen molar-refractivity contribution in [1.82, 2.24) is 9.80 Å². The van der Waals surface area contributed by atoms with Crippen LogP contribution in [0.1, 0.15) is 49.5 Å². The van der Waals surface area contributed by atoms with Gasteiger partial charge in [0.1, 0.15) is 29.6 Å². The van der Waals surface area contributed by atoms with Crippen LogP contribution in [0.15, 0.2) is 17.1 Å². The number of benzene rings is 1. The lowest BCUT2D eigenvalue weighted by molar-refractivity contribution is 0.00197. The molecule has 0 saturated carbocycles. The Morgan fingerprint density at radius 1 is 1.33 bits per heavy atom. The molecule has 2 heterocycles. The summed E-state index contributed by atoms with van der Waals surface area (Å²) in [4.78, 5) is 33.4. The van der Waals surface area contributed by atoms with Gasteiger partial charge < -0.3 is 19.3 Å². The van der Waals surface area contributed by atoms with E-state index in [1.807, 2.05) is 34.9 Å². The first-order valence-electron chi connectivity index (χ1n) is 9.99. The van der Waals surface area contributed by atoms with E-state index in [4.69, 9.17) is 9.47 Å². The van der Waals surface area contributed by atoms with Crippen LogP contribution in [0.2, 0.25) is 0 Å². The van der Waals surface area contributed by atoms with Gasteiger partial charge in [-0.25, -0.2) is 9.79 Å². The third kappa shape index (κ3) is 4.25. The van der Waals surface area contributed by atoms with Crippen LogP contribution in [-0.2, 0) is 4.74 Å². The van der Waals surface area contributed by atoms with Gasteiger partial charge in [-0.3, -0.25) is 4.79 Å². The van der Waals surface area contributed by atoms with E-state index in [1.54, 1.807) is 28.3 Å². The van der Waals surface area contributed by atoms with Gasteiger partial charge in [-0.15, -0.1) is 0 Å². The van der Waals surface area contributed by atoms with Gasteiger partial charge in [-0.05, 0) is 45.7 Å². The number of aliphatic imine (C=N–C) groups is 1. The lowest BCUT2D eigenvalue weighted by Crippen LogP contribution is -2.51. The second kappa shape index (κ2) is 7.98. The molecule has 0 atom stereocenters. The van der Waals surface area contributed by atoms with E-state index >= 15 is 0 Å². The molecule has 0 N–H and O–H groups in total. The van der Waals surface area contributed by atoms with Gasteiger partial charge in [0.15, 0.2) is 5.78 Å². The van der Waals surface area contributed by atoms with E-state index in [2.05, 4.69) is 11.1 Å². The van der Waals surface area contributed by atoms with Crippen LogP contribution in [0.3, 0.4) is 0 Å². The summed E-state index contributed by atoms with van der Waals surface area (Å²) < 4.78 is 11.4. The molecule has 0 aliphatic carbocycles. The maximum absolute atomic E-state index is 13.4. The molecule has 2 aliphatic rings. The van der Waals surface area contributed by atoms with Crippen molar-refractivity contribution in [2.24, 2.45) is 10.4 Å². The molecular formula is C22H28N4O4. The zero-order valence-corrected chi connectivity index (χ0v) is 18.2. The number of ether oxygens (including phenoxy) is 2. The molecule has 8 nitrogen and oxygen atoms in total. The van der Waals surface area contributed by atoms with Crippen molar-refractivity contribution in [2.75, 3.05) is 33.8 Å². The predicted octanol–water partition coefficient (Wildman–Crippen LogP) is 3.37. The van der Waals surface area contributed by atoms with Crippen LogP contribution in [0.4, 0.5) is 10.5 Å². The molecule has 30 heavy (non-hydrogen) atoms. The molecule has 0 bridgehead atoms. The topological polar surface area (TPSA) is 95.2 Å². The summed E-state index contributed by atoms with van der Waals surface area (Å²) in [5, 5.41) is 9.63. The lowest BCUT2D eigenvalue weighted by atomic mass is 9.71. The summed E-state index contributed by atoms with van der Waals surface area (Å²) in [5.41, 5.74) is -0.108. The zero-order valence-electron chi connectivity index (χ0n) is 18.2. The molecule has 160 valence electrons. The molecule has 8 heteroatoms. The van der Waals surface area contributed by atoms with E-state index in [1.165, 1.54) is 0 Å². The first kappa shape index (κ1) is 21.6. The number of amides is 1. The molecule has 0 unspecified atom stereocenters. The lowest BCUT2D eigenvalue weighted by Gasteiger charge is -2.43. The number of carbonyl (C=O) groups excluding carboxylic acids is 2. The molecule has 0 radical (unpaired) electrons. The van der Waals surface area contributed by atoms with E-state index in [0.717, 1.165) is 0 Å². The van der Waals surface area contributed by atoms with Crippen molar-refractivity contribution in [3.63, 3.8) is 0 Å². The monoisotopic (exact) mass is 412 g/mol. The Balaban J connectivity index is 1.80. The van der Waals surface area contributed by atoms with E-state index in [0.29, 0.717) is 42.9 Å². The maximum atomic E-state index is 13.4. The predicted molar refractivity (Wildman–Crippen MR) is 112 cm³/mol. The SMILES string of the molecule is CN(C)C=Nc1ccc2c(c1C#N)OCC1(CCN(C(=O)OC(C)(C)C)CC1)C2=O. The fourth-order valence-electron chi connectivity index (χ4n) is 3.67. The molecule has 1 aromatic rings. The van der Waals surface area contributed by atoms with Gasteiger partial charge in [0.2, 0.25) is 0 Å². The maximum Gasteiger partial charge on any atom is 0.410 e. The summed E-state index contributed by atoms with van der Waals surface area (Å²) in [6.07, 6.45) is 2.22. The molecular weight excluding hydrogens is 384 g/mol. The van der Waals surface area contributed by atoms with E-state index in [9.17, 15) is 14.9 Å². The molecule has 1 spiro atoms. The van der Waals surface area contributed by atoms with Crippen molar-refractivity contribution >= 4 is 23.9 Å². The van der Waals surface area contributed by atoms with Gasteiger partial charge in [-0.2, -0.15) is 5.26 Å². The third-order valence-corrected chi connectivity index (χ3v) is 5.27. The Bertz CT molecular complexity index is 916. The average molecular weight is 412 g/mol. The number of carbonyl (C=O) groups is 2. The second-order valence-electron chi connectivity index (χ2n) is 9.02. The molecule has 3 rings (SSSR count). The third-order valence-electron chi connectivity index (χ3n) is 5.27. The summed E-state index contributed by atoms with van der Waals surface area (Å²) in [6.45, 7) is 6.53. The highest BCUT2D eigenvalue weighted by molar-refractivity contribution is 6.05. The fourth-order valence-corrected chi connectivity index (χ4v) is 3.67. The number of Topliss-reactive ketones (excluding diaryl/α,β-unsaturated/α-hetero) is 1. The number of hydrogen-bond acceptors (Lipinski definition) is 6. The minimum atomic E-state index is -0.688. The smallest absolute Gasteiger partial charge is 0.410 e. The van der Waals surface area contributed by atoms with Crippen LogP contribution in [0, 0.1) is 16.7 Å². The highest BCUT2D eigenvalue weighted by atomic mass is 16.6. The highest BCUT2D eigenvalue weighted by Crippen LogP contribution is 2.44. The normalized spacial score (nSPS) is 18.0. The number of fused-ring (bicyclic) bond motifs is 1. The van der Waals surface area contributed by atoms with Crippen molar-refractivity contribution in [3.05, 3.63) is 23.3 Å². The molecule has 2 aliphatic heterocycles. The molecule has 1 saturated heterocycles. The summed E-state index contributed by atoms with van der Waals surface area (Å²) in [6, 6.07) is 5.48. The number of nitriles is 1. The standard InChI is InChI=1S/C22H28N4O4/c1-21(2,3)30-20(28)26-10-8-22(9-11-26)13-29-18-15(19(22)27)6-7-17(16(18)12-23)24-14-25(4)5/h6-7,14H,8-11,13H2,1-5H3. The first-order chi connectivity index (χ1) is 14.1. The van der Waals surface area contributed by atoms with Crippen LogP contribution in [-0.4, -0.2) is 67.4 Å². The highest BCUT2D eigenvalue weighted by Gasteiger charge is 2.47. The van der Waals surface area contributed by atoms with Gasteiger partial charge >= 0.3 is 6.09 Å². The molecule has 1 amide bonds. The number of piperidine rings is 1. The fraction of sp³-hybridized carbons (Fsp3) is 0.545. The van der Waals surface area contributed by atoms with Gasteiger partial charge in [-0.1, -0.05) is 0 Å². The Hall–Kier alpha value is -3.08. The Morgan fingerprint density at radius 3 is 2.57 bits per heavy atom. The van der Waals surface area contributed by atoms with E-state index in [-0.39, 0.29) is 24.0 Å². The molecule has 1 fully saturated rings. The first-order valence-corrected chi connectivity index (χ1v) is 9.99. The Labute approximate surface area is 177 Å². The Kier molecular flexibility index (Phi) is 5.75. The molecule has 0 aromatic heterocycles. The summed E-state index contributed by atoms with van der Waals surface area (Å²) >= 11 is 0. The number of hydrogen-bond donors (Lipinski definition) is 0. The van der Waals surface area contributed by atoms with Gasteiger partial charge in [0, 0.05) is 27.2 Å². The summed E-state index contributed by atoms with van der Waals surface area (Å²) in [7, 11) is 3.67. The number of likely N-dealkylation sites (tertiary alicyclic amines) is 1. The number of ketones is 1. The van der Waals surface area contributed by atoms with Crippen molar-refractivity contribution < 1.29 is 19.1 Å². The minimum absolute atomic E-state index is 0.0350. The van der Waals surface area contributed by atoms with Gasteiger partial charge in [0.05, 0.1) is 23.0 Å². The van der Waals surface area contributed by atoms with Gasteiger partial charge in [0.25, 0.3) is 0 Å². The van der Waals surface area contributed by atoms with E-state index < -0.39 is 11.0 Å². The average Bonchev–Trinajstić information content (AvgIpc) is 2.68. The van der Waals surface area contributed by atoms with Crippen LogP contribution < -0.4 is 4.74 Å². The van der Waals surface area contributed by atoms with Crippen LogP contribution >= 0.6 is 0 Å². The minimum Gasteiger partial charge on any atom is -0.490 e. The second-order valence-corrected chi connectivity index (χ2v) is 9.02. The van der Waals surface area contributed by atoms with Crippen molar-refractivity contribution in [3.8, 4) is 11.8 Å². The van der Waals surface area contributed by atoms with Crippen LogP contribution in [0.5, 0.6) is 5.75 Å². The number of nitrogens with zero attached hydrogens (tertiary/aromatic N) is 4. The Morgan fingerprint density at radius 2 is 2.00 bits per heavy atom. The summed E-state index contributed by atoms with van der Waals surface area (Å²) in [5.74, 6) is 0.267. The van der Waals surface area contributed by atoms with Crippen molar-refractivity contribution in [1.29, 1.82) is 5.26 Å². The van der Waals surface area contributed by atoms with Crippen molar-refractivity contribution in [2.45, 2.75) is 39.2 Å². The number of rotatable bonds is 2. The largest absolute Gasteiger partial charge is 0.490 e. The quantitative estimate of drug-likeness (QED) is 0.546. The van der Waals surface area contributed by atoms with Crippen LogP contribution in [0.25, 0.3) is 0 Å². The zero-order chi connectivity index (χ0) is 22.1. The molecule has 1 aromatic carbocycles.